The van der Waals surface area contributed by atoms with Crippen LogP contribution in [0.25, 0.3) is 0 Å². The molecule has 1 aromatic rings. The van der Waals surface area contributed by atoms with Gasteiger partial charge in [0, 0.05) is 11.8 Å². The highest BCUT2D eigenvalue weighted by molar-refractivity contribution is 5.99. The van der Waals surface area contributed by atoms with Crippen molar-refractivity contribution < 1.29 is 22.9 Å². The van der Waals surface area contributed by atoms with E-state index in [-0.39, 0.29) is 11.5 Å². The van der Waals surface area contributed by atoms with Crippen LogP contribution in [-0.4, -0.2) is 17.6 Å². The van der Waals surface area contributed by atoms with Gasteiger partial charge in [-0.1, -0.05) is 6.07 Å². The van der Waals surface area contributed by atoms with Crippen LogP contribution in [0.15, 0.2) is 35.7 Å². The van der Waals surface area contributed by atoms with E-state index in [1.807, 2.05) is 0 Å². The fourth-order valence-corrected chi connectivity index (χ4v) is 2.02. The van der Waals surface area contributed by atoms with Crippen molar-refractivity contribution in [3.05, 3.63) is 35.7 Å². The molecule has 20 heavy (non-hydrogen) atoms. The standard InChI is InChI=1S/C12H9F3N4O/c1-7-8(6-16)11(10(20)18-7,12(13,14)15)19-9-4-2-3-5-17-9/h2-5H,1H3,(H,17,19)(H,18,20)/p+1/t11-/m0/s1. The van der Waals surface area contributed by atoms with Crippen LogP contribution >= 0.6 is 0 Å². The highest BCUT2D eigenvalue weighted by Gasteiger charge is 2.70. The van der Waals surface area contributed by atoms with Gasteiger partial charge in [-0.25, -0.2) is 10.3 Å². The molecule has 3 N–H and O–H groups in total. The Morgan fingerprint density at radius 1 is 1.45 bits per heavy atom. The molecule has 0 fully saturated rings. The van der Waals surface area contributed by atoms with Crippen molar-refractivity contribution in [1.82, 2.24) is 5.32 Å². The number of carbonyl (C=O) groups is 1. The van der Waals surface area contributed by atoms with Gasteiger partial charge in [0.15, 0.2) is 0 Å². The molecule has 1 aromatic heterocycles. The molecule has 2 rings (SSSR count). The Morgan fingerprint density at radius 3 is 2.65 bits per heavy atom. The van der Waals surface area contributed by atoms with Crippen LogP contribution < -0.4 is 15.6 Å². The number of rotatable bonds is 2. The van der Waals surface area contributed by atoms with E-state index in [0.29, 0.717) is 0 Å². The van der Waals surface area contributed by atoms with Crippen molar-refractivity contribution in [2.24, 2.45) is 0 Å². The van der Waals surface area contributed by atoms with E-state index in [2.05, 4.69) is 15.6 Å². The lowest BCUT2D eigenvalue weighted by atomic mass is 9.90. The minimum Gasteiger partial charge on any atom is -0.324 e. The summed E-state index contributed by atoms with van der Waals surface area (Å²) in [6.07, 6.45) is -3.56. The summed E-state index contributed by atoms with van der Waals surface area (Å²) in [6.45, 7) is 1.25. The molecular weight excluding hydrogens is 273 g/mol. The van der Waals surface area contributed by atoms with E-state index in [9.17, 15) is 18.0 Å². The Bertz CT molecular complexity index is 618. The third-order valence-electron chi connectivity index (χ3n) is 2.96. The van der Waals surface area contributed by atoms with Gasteiger partial charge >= 0.3 is 11.7 Å². The summed E-state index contributed by atoms with van der Waals surface area (Å²) in [7, 11) is 0. The zero-order valence-corrected chi connectivity index (χ0v) is 10.3. The van der Waals surface area contributed by atoms with E-state index in [1.54, 1.807) is 6.07 Å². The number of hydrogen-bond donors (Lipinski definition) is 2. The van der Waals surface area contributed by atoms with E-state index in [4.69, 9.17) is 5.26 Å². The Kier molecular flexibility index (Phi) is 3.13. The number of aromatic nitrogens is 1. The predicted molar refractivity (Wildman–Crippen MR) is 61.9 cm³/mol. The molecule has 1 aliphatic heterocycles. The fourth-order valence-electron chi connectivity index (χ4n) is 2.02. The van der Waals surface area contributed by atoms with Gasteiger partial charge in [0.05, 0.1) is 6.20 Å². The molecule has 5 nitrogen and oxygen atoms in total. The topological polar surface area (TPSA) is 79.1 Å². The van der Waals surface area contributed by atoms with Gasteiger partial charge in [-0.15, -0.1) is 0 Å². The highest BCUT2D eigenvalue weighted by atomic mass is 19.4. The molecule has 1 amide bonds. The third-order valence-corrected chi connectivity index (χ3v) is 2.96. The van der Waals surface area contributed by atoms with E-state index in [1.165, 1.54) is 31.3 Å². The second kappa shape index (κ2) is 4.52. The molecule has 0 saturated heterocycles. The van der Waals surface area contributed by atoms with Crippen molar-refractivity contribution in [3.63, 3.8) is 0 Å². The number of nitrogens with one attached hydrogen (secondary N) is 3. The molecule has 0 aliphatic carbocycles. The van der Waals surface area contributed by atoms with Crippen molar-refractivity contribution in [3.8, 4) is 6.07 Å². The molecular formula is C12H10F3N4O+. The minimum atomic E-state index is -4.97. The second-order valence-electron chi connectivity index (χ2n) is 4.21. The van der Waals surface area contributed by atoms with Crippen LogP contribution in [0.2, 0.25) is 0 Å². The Hall–Kier alpha value is -2.56. The van der Waals surface area contributed by atoms with Crippen LogP contribution in [0.3, 0.4) is 0 Å². The lowest BCUT2D eigenvalue weighted by molar-refractivity contribution is -0.362. The number of carbonyl (C=O) groups excluding carboxylic acids is 1. The zero-order valence-electron chi connectivity index (χ0n) is 10.3. The first kappa shape index (κ1) is 13.9. The first-order valence-corrected chi connectivity index (χ1v) is 5.57. The number of hydrogen-bond acceptors (Lipinski definition) is 3. The maximum absolute atomic E-state index is 13.4. The number of halogens is 3. The summed E-state index contributed by atoms with van der Waals surface area (Å²) in [4.78, 5) is 14.4. The molecule has 0 aromatic carbocycles. The van der Waals surface area contributed by atoms with Crippen LogP contribution in [0, 0.1) is 11.3 Å². The number of pyridine rings is 1. The predicted octanol–water partition coefficient (Wildman–Crippen LogP) is 1.14. The zero-order chi connectivity index (χ0) is 15.0. The molecule has 0 radical (unpaired) electrons. The maximum Gasteiger partial charge on any atom is 0.446 e. The van der Waals surface area contributed by atoms with Crippen LogP contribution in [-0.2, 0) is 4.79 Å². The van der Waals surface area contributed by atoms with E-state index < -0.39 is 23.2 Å². The van der Waals surface area contributed by atoms with E-state index >= 15 is 0 Å². The van der Waals surface area contributed by atoms with Crippen molar-refractivity contribution >= 4 is 11.7 Å². The molecule has 0 bridgehead atoms. The van der Waals surface area contributed by atoms with Gasteiger partial charge < -0.3 is 5.32 Å². The summed E-state index contributed by atoms with van der Waals surface area (Å²) < 4.78 is 40.3. The average molecular weight is 283 g/mol. The number of anilines is 1. The SMILES string of the molecule is CC1=C(C#N)[C@@](Nc2cccc[nH+]2)(C(F)(F)F)C(=O)N1. The van der Waals surface area contributed by atoms with Gasteiger partial charge in [-0.2, -0.15) is 18.4 Å². The minimum absolute atomic E-state index is 0.0255. The van der Waals surface area contributed by atoms with Crippen molar-refractivity contribution in [2.75, 3.05) is 5.32 Å². The molecule has 0 saturated carbocycles. The molecule has 104 valence electrons. The summed E-state index contributed by atoms with van der Waals surface area (Å²) in [6, 6.07) is 5.87. The van der Waals surface area contributed by atoms with Crippen LogP contribution in [0.4, 0.5) is 19.0 Å². The molecule has 8 heteroatoms. The molecule has 0 spiro atoms. The number of H-pyrrole nitrogens is 1. The highest BCUT2D eigenvalue weighted by Crippen LogP contribution is 2.42. The number of nitrogens with zero attached hydrogens (tertiary/aromatic N) is 1. The van der Waals surface area contributed by atoms with Crippen molar-refractivity contribution in [1.29, 1.82) is 5.26 Å². The van der Waals surface area contributed by atoms with Crippen LogP contribution in [0.5, 0.6) is 0 Å². The summed E-state index contributed by atoms with van der Waals surface area (Å²) in [5.74, 6) is -1.35. The Balaban J connectivity index is 2.59. The van der Waals surface area contributed by atoms with Gasteiger partial charge in [0.1, 0.15) is 11.6 Å². The van der Waals surface area contributed by atoms with Gasteiger partial charge in [0.2, 0.25) is 0 Å². The first-order valence-electron chi connectivity index (χ1n) is 5.57. The fraction of sp³-hybridized carbons (Fsp3) is 0.250. The third kappa shape index (κ3) is 1.87. The maximum atomic E-state index is 13.4. The van der Waals surface area contributed by atoms with Crippen LogP contribution in [0.1, 0.15) is 6.92 Å². The quantitative estimate of drug-likeness (QED) is 0.854. The molecule has 0 unspecified atom stereocenters. The Morgan fingerprint density at radius 2 is 2.15 bits per heavy atom. The largest absolute Gasteiger partial charge is 0.446 e. The molecule has 1 atom stereocenters. The van der Waals surface area contributed by atoms with E-state index in [0.717, 1.165) is 0 Å². The summed E-state index contributed by atoms with van der Waals surface area (Å²) in [5.41, 5.74) is -3.88. The monoisotopic (exact) mass is 283 g/mol. The number of aromatic amines is 1. The second-order valence-corrected chi connectivity index (χ2v) is 4.21. The number of alkyl halides is 3. The Labute approximate surface area is 112 Å². The lowest BCUT2D eigenvalue weighted by Gasteiger charge is -2.26. The molecule has 1 aliphatic rings. The van der Waals surface area contributed by atoms with Gasteiger partial charge in [-0.05, 0) is 13.0 Å². The number of nitriles is 1. The molecule has 2 heterocycles. The summed E-state index contributed by atoms with van der Waals surface area (Å²) in [5, 5.41) is 13.1. The number of amides is 1. The van der Waals surface area contributed by atoms with Gasteiger partial charge in [-0.3, -0.25) is 4.79 Å². The lowest BCUT2D eigenvalue weighted by Crippen LogP contribution is -2.59. The average Bonchev–Trinajstić information content (AvgIpc) is 2.61. The smallest absolute Gasteiger partial charge is 0.324 e. The summed E-state index contributed by atoms with van der Waals surface area (Å²) >= 11 is 0. The first-order chi connectivity index (χ1) is 9.33. The number of allylic oxidation sites excluding steroid dienone is 1. The normalized spacial score (nSPS) is 22.4. The van der Waals surface area contributed by atoms with Gasteiger partial charge in [0.25, 0.3) is 11.7 Å². The van der Waals surface area contributed by atoms with Crippen molar-refractivity contribution in [2.45, 2.75) is 18.6 Å².